The van der Waals surface area contributed by atoms with E-state index in [0.29, 0.717) is 5.56 Å². The maximum absolute atomic E-state index is 11.0. The summed E-state index contributed by atoms with van der Waals surface area (Å²) in [6.45, 7) is 3.70. The Balaban J connectivity index is 2.52. The molecule has 0 heterocycles. The summed E-state index contributed by atoms with van der Waals surface area (Å²) in [5, 5.41) is 9.00. The zero-order valence-corrected chi connectivity index (χ0v) is 8.68. The monoisotopic (exact) mass is 211 g/mol. The van der Waals surface area contributed by atoms with Crippen molar-refractivity contribution >= 4 is 5.97 Å². The molecule has 0 atom stereocenters. The van der Waals surface area contributed by atoms with Crippen LogP contribution in [0.25, 0.3) is 11.1 Å². The summed E-state index contributed by atoms with van der Waals surface area (Å²) in [5.41, 5.74) is 2.68. The summed E-state index contributed by atoms with van der Waals surface area (Å²) in [4.78, 5) is 11.0. The Hall–Kier alpha value is -2.09. The molecule has 0 unspecified atom stereocenters. The van der Waals surface area contributed by atoms with Gasteiger partial charge in [0.25, 0.3) is 0 Å². The first-order chi connectivity index (χ1) is 7.68. The standard InChI is InChI=1S/C14H11O2/c1-10-7-8-12(9-13(10)14(15)16)11-5-3-2-4-6-11/h2-9H,1H2,(H,15,16). The van der Waals surface area contributed by atoms with Gasteiger partial charge in [-0.25, -0.2) is 4.79 Å². The van der Waals surface area contributed by atoms with Crippen LogP contribution in [-0.4, -0.2) is 11.1 Å². The van der Waals surface area contributed by atoms with Crippen molar-refractivity contribution in [3.05, 3.63) is 66.6 Å². The lowest BCUT2D eigenvalue weighted by atomic mass is 10.00. The van der Waals surface area contributed by atoms with Gasteiger partial charge in [-0.05, 0) is 29.7 Å². The molecule has 0 aliphatic rings. The van der Waals surface area contributed by atoms with Crippen LogP contribution in [-0.2, 0) is 0 Å². The normalized spacial score (nSPS) is 10.1. The second-order valence-electron chi connectivity index (χ2n) is 3.54. The van der Waals surface area contributed by atoms with Crippen molar-refractivity contribution in [3.63, 3.8) is 0 Å². The third-order valence-corrected chi connectivity index (χ3v) is 2.45. The highest BCUT2D eigenvalue weighted by atomic mass is 16.4. The van der Waals surface area contributed by atoms with E-state index in [-0.39, 0.29) is 5.56 Å². The number of carboxylic acid groups (broad SMARTS) is 1. The molecule has 2 aromatic carbocycles. The third-order valence-electron chi connectivity index (χ3n) is 2.45. The molecule has 16 heavy (non-hydrogen) atoms. The smallest absolute Gasteiger partial charge is 0.335 e. The fourth-order valence-electron chi connectivity index (χ4n) is 1.59. The van der Waals surface area contributed by atoms with Crippen LogP contribution in [0.15, 0.2) is 48.5 Å². The van der Waals surface area contributed by atoms with Gasteiger partial charge >= 0.3 is 5.97 Å². The van der Waals surface area contributed by atoms with Crippen molar-refractivity contribution in [1.29, 1.82) is 0 Å². The number of benzene rings is 2. The fourth-order valence-corrected chi connectivity index (χ4v) is 1.59. The highest BCUT2D eigenvalue weighted by Crippen LogP contribution is 2.22. The van der Waals surface area contributed by atoms with E-state index in [1.807, 2.05) is 36.4 Å². The second-order valence-corrected chi connectivity index (χ2v) is 3.54. The molecule has 0 aromatic heterocycles. The summed E-state index contributed by atoms with van der Waals surface area (Å²) in [5.74, 6) is -0.942. The minimum atomic E-state index is -0.942. The molecule has 0 saturated carbocycles. The molecule has 0 amide bonds. The van der Waals surface area contributed by atoms with E-state index in [1.165, 1.54) is 0 Å². The number of carbonyl (C=O) groups is 1. The molecule has 2 rings (SSSR count). The highest BCUT2D eigenvalue weighted by Gasteiger charge is 2.08. The van der Waals surface area contributed by atoms with Gasteiger partial charge in [-0.2, -0.15) is 0 Å². The van der Waals surface area contributed by atoms with Gasteiger partial charge in [-0.3, -0.25) is 0 Å². The van der Waals surface area contributed by atoms with Crippen LogP contribution in [0.2, 0.25) is 0 Å². The summed E-state index contributed by atoms with van der Waals surface area (Å²) in [6.07, 6.45) is 0. The Bertz CT molecular complexity index is 516. The van der Waals surface area contributed by atoms with Gasteiger partial charge in [-0.1, -0.05) is 42.5 Å². The Morgan fingerprint density at radius 1 is 1.00 bits per heavy atom. The molecule has 2 heteroatoms. The van der Waals surface area contributed by atoms with Gasteiger partial charge in [0.2, 0.25) is 0 Å². The zero-order valence-electron chi connectivity index (χ0n) is 8.68. The quantitative estimate of drug-likeness (QED) is 0.828. The lowest BCUT2D eigenvalue weighted by Crippen LogP contribution is -1.99. The minimum Gasteiger partial charge on any atom is -0.478 e. The molecule has 0 aliphatic heterocycles. The van der Waals surface area contributed by atoms with Gasteiger partial charge in [0, 0.05) is 0 Å². The summed E-state index contributed by atoms with van der Waals surface area (Å²) in [7, 11) is 0. The molecule has 1 radical (unpaired) electrons. The largest absolute Gasteiger partial charge is 0.478 e. The van der Waals surface area contributed by atoms with Crippen LogP contribution in [0.3, 0.4) is 0 Å². The third kappa shape index (κ3) is 1.96. The first-order valence-electron chi connectivity index (χ1n) is 4.93. The van der Waals surface area contributed by atoms with Crippen molar-refractivity contribution in [1.82, 2.24) is 0 Å². The van der Waals surface area contributed by atoms with E-state index in [9.17, 15) is 4.79 Å². The van der Waals surface area contributed by atoms with E-state index in [4.69, 9.17) is 5.11 Å². The predicted molar refractivity (Wildman–Crippen MR) is 63.3 cm³/mol. The SMILES string of the molecule is [CH2]c1ccc(-c2ccccc2)cc1C(=O)O. The van der Waals surface area contributed by atoms with Crippen LogP contribution in [0, 0.1) is 6.92 Å². The molecular formula is C14H11O2. The van der Waals surface area contributed by atoms with E-state index >= 15 is 0 Å². The number of rotatable bonds is 2. The van der Waals surface area contributed by atoms with Gasteiger partial charge in [0.15, 0.2) is 0 Å². The van der Waals surface area contributed by atoms with Crippen molar-refractivity contribution in [2.75, 3.05) is 0 Å². The van der Waals surface area contributed by atoms with Crippen LogP contribution in [0.4, 0.5) is 0 Å². The number of hydrogen-bond acceptors (Lipinski definition) is 1. The van der Waals surface area contributed by atoms with Crippen LogP contribution in [0.5, 0.6) is 0 Å². The molecule has 2 aromatic rings. The Kier molecular flexibility index (Phi) is 2.73. The molecule has 2 nitrogen and oxygen atoms in total. The van der Waals surface area contributed by atoms with Crippen molar-refractivity contribution < 1.29 is 9.90 Å². The lowest BCUT2D eigenvalue weighted by Gasteiger charge is -2.05. The average Bonchev–Trinajstić information content (AvgIpc) is 2.30. The number of carboxylic acids is 1. The van der Waals surface area contributed by atoms with E-state index < -0.39 is 5.97 Å². The molecular weight excluding hydrogens is 200 g/mol. The first kappa shape index (κ1) is 10.4. The maximum Gasteiger partial charge on any atom is 0.335 e. The van der Waals surface area contributed by atoms with E-state index in [1.54, 1.807) is 12.1 Å². The Morgan fingerprint density at radius 2 is 1.69 bits per heavy atom. The van der Waals surface area contributed by atoms with Crippen molar-refractivity contribution in [2.24, 2.45) is 0 Å². The summed E-state index contributed by atoms with van der Waals surface area (Å²) < 4.78 is 0. The number of hydrogen-bond donors (Lipinski definition) is 1. The highest BCUT2D eigenvalue weighted by molar-refractivity contribution is 5.91. The average molecular weight is 211 g/mol. The van der Waals surface area contributed by atoms with Crippen LogP contribution < -0.4 is 0 Å². The van der Waals surface area contributed by atoms with E-state index in [0.717, 1.165) is 11.1 Å². The zero-order chi connectivity index (χ0) is 11.5. The molecule has 79 valence electrons. The summed E-state index contributed by atoms with van der Waals surface area (Å²) >= 11 is 0. The molecule has 0 aliphatic carbocycles. The minimum absolute atomic E-state index is 0.251. The fraction of sp³-hybridized carbons (Fsp3) is 0. The lowest BCUT2D eigenvalue weighted by molar-refractivity contribution is 0.0696. The maximum atomic E-state index is 11.0. The van der Waals surface area contributed by atoms with Crippen molar-refractivity contribution in [3.8, 4) is 11.1 Å². The van der Waals surface area contributed by atoms with Gasteiger partial charge in [0.1, 0.15) is 0 Å². The summed E-state index contributed by atoms with van der Waals surface area (Å²) in [6, 6.07) is 14.9. The van der Waals surface area contributed by atoms with Gasteiger partial charge in [-0.15, -0.1) is 0 Å². The van der Waals surface area contributed by atoms with Crippen LogP contribution in [0.1, 0.15) is 15.9 Å². The molecule has 0 fully saturated rings. The Labute approximate surface area is 94.2 Å². The molecule has 0 saturated heterocycles. The first-order valence-corrected chi connectivity index (χ1v) is 4.93. The molecule has 0 bridgehead atoms. The van der Waals surface area contributed by atoms with Gasteiger partial charge < -0.3 is 5.11 Å². The van der Waals surface area contributed by atoms with Crippen LogP contribution >= 0.6 is 0 Å². The molecule has 1 N–H and O–H groups in total. The van der Waals surface area contributed by atoms with Gasteiger partial charge in [0.05, 0.1) is 5.56 Å². The Morgan fingerprint density at radius 3 is 2.31 bits per heavy atom. The van der Waals surface area contributed by atoms with Crippen molar-refractivity contribution in [2.45, 2.75) is 0 Å². The molecule has 0 spiro atoms. The second kappa shape index (κ2) is 4.19. The van der Waals surface area contributed by atoms with E-state index in [2.05, 4.69) is 6.92 Å². The predicted octanol–water partition coefficient (Wildman–Crippen LogP) is 3.23. The topological polar surface area (TPSA) is 37.3 Å². The number of aromatic carboxylic acids is 1.